The van der Waals surface area contributed by atoms with Crippen molar-refractivity contribution in [2.75, 3.05) is 13.6 Å². The Labute approximate surface area is 123 Å². The molecule has 0 saturated heterocycles. The molecule has 21 heavy (non-hydrogen) atoms. The molecule has 2 rings (SSSR count). The maximum Gasteiger partial charge on any atom is 0.163 e. The van der Waals surface area contributed by atoms with E-state index in [2.05, 4.69) is 9.88 Å². The van der Waals surface area contributed by atoms with E-state index in [0.29, 0.717) is 19.5 Å². The number of hydrogen-bond donors (Lipinski definition) is 1. The third kappa shape index (κ3) is 3.86. The minimum absolute atomic E-state index is 0.223. The van der Waals surface area contributed by atoms with Gasteiger partial charge in [0.25, 0.3) is 0 Å². The minimum atomic E-state index is -0.857. The zero-order valence-corrected chi connectivity index (χ0v) is 12.3. The van der Waals surface area contributed by atoms with Gasteiger partial charge in [-0.15, -0.1) is 0 Å². The maximum atomic E-state index is 13.7. The lowest BCUT2D eigenvalue weighted by molar-refractivity contribution is 0.299. The Morgan fingerprint density at radius 1 is 1.38 bits per heavy atom. The zero-order chi connectivity index (χ0) is 15.4. The molecule has 0 aliphatic carbocycles. The van der Waals surface area contributed by atoms with E-state index in [1.807, 2.05) is 24.9 Å². The fraction of sp³-hybridized carbons (Fsp3) is 0.400. The highest BCUT2D eigenvalue weighted by Crippen LogP contribution is 2.20. The van der Waals surface area contributed by atoms with Crippen LogP contribution in [0.4, 0.5) is 8.78 Å². The van der Waals surface area contributed by atoms with E-state index in [1.54, 1.807) is 6.20 Å². The van der Waals surface area contributed by atoms with Gasteiger partial charge >= 0.3 is 0 Å². The van der Waals surface area contributed by atoms with E-state index >= 15 is 0 Å². The highest BCUT2D eigenvalue weighted by Gasteiger charge is 2.15. The summed E-state index contributed by atoms with van der Waals surface area (Å²) in [6.45, 7) is 1.35. The first-order valence-corrected chi connectivity index (χ1v) is 6.83. The van der Waals surface area contributed by atoms with Crippen molar-refractivity contribution in [3.63, 3.8) is 0 Å². The van der Waals surface area contributed by atoms with Gasteiger partial charge in [0.1, 0.15) is 5.82 Å². The van der Waals surface area contributed by atoms with Crippen LogP contribution in [0.5, 0.6) is 0 Å². The number of benzene rings is 1. The van der Waals surface area contributed by atoms with Gasteiger partial charge in [-0.1, -0.05) is 12.1 Å². The number of rotatable bonds is 6. The van der Waals surface area contributed by atoms with E-state index in [1.165, 1.54) is 12.1 Å². The molecule has 0 amide bonds. The first kappa shape index (κ1) is 15.6. The fourth-order valence-corrected chi connectivity index (χ4v) is 2.19. The van der Waals surface area contributed by atoms with Gasteiger partial charge < -0.3 is 10.3 Å². The van der Waals surface area contributed by atoms with Crippen LogP contribution in [0.2, 0.25) is 0 Å². The second-order valence-electron chi connectivity index (χ2n) is 5.23. The first-order chi connectivity index (χ1) is 9.99. The van der Waals surface area contributed by atoms with Gasteiger partial charge in [-0.05, 0) is 19.5 Å². The Kier molecular flexibility index (Phi) is 5.03. The van der Waals surface area contributed by atoms with Crippen molar-refractivity contribution in [1.29, 1.82) is 0 Å². The van der Waals surface area contributed by atoms with Crippen molar-refractivity contribution < 1.29 is 8.78 Å². The molecule has 1 aromatic carbocycles. The van der Waals surface area contributed by atoms with Crippen LogP contribution in [0, 0.1) is 11.6 Å². The van der Waals surface area contributed by atoms with Crippen LogP contribution in [0.15, 0.2) is 30.6 Å². The summed E-state index contributed by atoms with van der Waals surface area (Å²) in [6, 6.07) is 3.58. The maximum absolute atomic E-state index is 13.7. The fourth-order valence-electron chi connectivity index (χ4n) is 2.19. The van der Waals surface area contributed by atoms with Crippen LogP contribution in [0.3, 0.4) is 0 Å². The van der Waals surface area contributed by atoms with Crippen LogP contribution >= 0.6 is 0 Å². The standard InChI is InChI=1S/C15H20F2N4/c1-20(10-14-19-7-9-21(14)2)8-6-13(18)11-4-3-5-12(16)15(11)17/h3-5,7,9,13H,6,8,10,18H2,1-2H3. The Morgan fingerprint density at radius 2 is 2.14 bits per heavy atom. The predicted molar refractivity (Wildman–Crippen MR) is 77.4 cm³/mol. The van der Waals surface area contributed by atoms with Crippen molar-refractivity contribution >= 4 is 0 Å². The average Bonchev–Trinajstić information content (AvgIpc) is 2.84. The number of aryl methyl sites for hydroxylation is 1. The molecule has 0 spiro atoms. The van der Waals surface area contributed by atoms with Crippen LogP contribution in [-0.4, -0.2) is 28.0 Å². The smallest absolute Gasteiger partial charge is 0.163 e. The second kappa shape index (κ2) is 6.78. The van der Waals surface area contributed by atoms with Gasteiger partial charge in [0.2, 0.25) is 0 Å². The third-order valence-corrected chi connectivity index (χ3v) is 3.54. The van der Waals surface area contributed by atoms with E-state index in [-0.39, 0.29) is 5.56 Å². The van der Waals surface area contributed by atoms with Gasteiger partial charge in [-0.25, -0.2) is 13.8 Å². The molecule has 0 aliphatic heterocycles. The van der Waals surface area contributed by atoms with Crippen molar-refractivity contribution in [2.45, 2.75) is 19.0 Å². The number of halogens is 2. The molecule has 114 valence electrons. The van der Waals surface area contributed by atoms with Gasteiger partial charge in [-0.2, -0.15) is 0 Å². The molecule has 1 unspecified atom stereocenters. The summed E-state index contributed by atoms with van der Waals surface area (Å²) in [5.41, 5.74) is 6.18. The lowest BCUT2D eigenvalue weighted by Crippen LogP contribution is -2.25. The topological polar surface area (TPSA) is 47.1 Å². The average molecular weight is 294 g/mol. The van der Waals surface area contributed by atoms with Crippen LogP contribution in [0.25, 0.3) is 0 Å². The summed E-state index contributed by atoms with van der Waals surface area (Å²) < 4.78 is 28.8. The van der Waals surface area contributed by atoms with E-state index in [4.69, 9.17) is 5.73 Å². The first-order valence-electron chi connectivity index (χ1n) is 6.83. The Bertz CT molecular complexity index is 597. The highest BCUT2D eigenvalue weighted by atomic mass is 19.2. The van der Waals surface area contributed by atoms with Gasteiger partial charge in [0, 0.05) is 37.6 Å². The van der Waals surface area contributed by atoms with E-state index < -0.39 is 17.7 Å². The largest absolute Gasteiger partial charge is 0.337 e. The Balaban J connectivity index is 1.90. The van der Waals surface area contributed by atoms with Crippen LogP contribution < -0.4 is 5.73 Å². The van der Waals surface area contributed by atoms with Crippen molar-refractivity contribution in [2.24, 2.45) is 12.8 Å². The lowest BCUT2D eigenvalue weighted by Gasteiger charge is -2.19. The Hall–Kier alpha value is -1.79. The molecule has 0 aliphatic rings. The number of hydrogen-bond acceptors (Lipinski definition) is 3. The normalized spacial score (nSPS) is 12.9. The van der Waals surface area contributed by atoms with Crippen LogP contribution in [0.1, 0.15) is 23.9 Å². The second-order valence-corrected chi connectivity index (χ2v) is 5.23. The molecule has 0 fully saturated rings. The molecule has 2 aromatic rings. The number of nitrogens with two attached hydrogens (primary N) is 1. The highest BCUT2D eigenvalue weighted by molar-refractivity contribution is 5.22. The molecule has 4 nitrogen and oxygen atoms in total. The van der Waals surface area contributed by atoms with Crippen molar-refractivity contribution in [3.8, 4) is 0 Å². The summed E-state index contributed by atoms with van der Waals surface area (Å²) in [5, 5.41) is 0. The molecule has 0 bridgehead atoms. The van der Waals surface area contributed by atoms with Crippen molar-refractivity contribution in [3.05, 3.63) is 53.6 Å². The number of aromatic nitrogens is 2. The molecule has 0 saturated carbocycles. The van der Waals surface area contributed by atoms with Gasteiger partial charge in [0.05, 0.1) is 6.54 Å². The molecular formula is C15H20F2N4. The van der Waals surface area contributed by atoms with Gasteiger partial charge in [0.15, 0.2) is 11.6 Å². The molecule has 1 aromatic heterocycles. The van der Waals surface area contributed by atoms with Crippen LogP contribution in [-0.2, 0) is 13.6 Å². The summed E-state index contributed by atoms with van der Waals surface area (Å²) >= 11 is 0. The minimum Gasteiger partial charge on any atom is -0.337 e. The lowest BCUT2D eigenvalue weighted by atomic mass is 10.0. The number of nitrogens with zero attached hydrogens (tertiary/aromatic N) is 3. The van der Waals surface area contributed by atoms with Crippen molar-refractivity contribution in [1.82, 2.24) is 14.5 Å². The van der Waals surface area contributed by atoms with Gasteiger partial charge in [-0.3, -0.25) is 4.90 Å². The zero-order valence-electron chi connectivity index (χ0n) is 12.3. The number of imidazole rings is 1. The molecule has 0 radical (unpaired) electrons. The summed E-state index contributed by atoms with van der Waals surface area (Å²) in [7, 11) is 3.88. The SMILES string of the molecule is CN(CCC(N)c1cccc(F)c1F)Cc1nccn1C. The summed E-state index contributed by atoms with van der Waals surface area (Å²) in [5.74, 6) is -0.760. The molecule has 1 heterocycles. The van der Waals surface area contributed by atoms with E-state index in [9.17, 15) is 8.78 Å². The van der Waals surface area contributed by atoms with E-state index in [0.717, 1.165) is 11.9 Å². The quantitative estimate of drug-likeness (QED) is 0.888. The summed E-state index contributed by atoms with van der Waals surface area (Å²) in [4.78, 5) is 6.30. The molecule has 1 atom stereocenters. The summed E-state index contributed by atoms with van der Waals surface area (Å²) in [6.07, 6.45) is 4.18. The Morgan fingerprint density at radius 3 is 2.81 bits per heavy atom. The molecule has 2 N–H and O–H groups in total. The third-order valence-electron chi connectivity index (χ3n) is 3.54. The monoisotopic (exact) mass is 294 g/mol. The molecular weight excluding hydrogens is 274 g/mol. The predicted octanol–water partition coefficient (Wildman–Crippen LogP) is 2.22. The molecule has 6 heteroatoms.